The van der Waals surface area contributed by atoms with Crippen molar-refractivity contribution < 1.29 is 0 Å². The molecule has 0 fully saturated rings. The molecule has 1 aromatic carbocycles. The van der Waals surface area contributed by atoms with Crippen LogP contribution in [-0.4, -0.2) is 18.5 Å². The lowest BCUT2D eigenvalue weighted by Crippen LogP contribution is -2.19. The zero-order chi connectivity index (χ0) is 12.5. The van der Waals surface area contributed by atoms with Gasteiger partial charge in [-0.1, -0.05) is 44.7 Å². The van der Waals surface area contributed by atoms with Gasteiger partial charge in [0.1, 0.15) is 0 Å². The summed E-state index contributed by atoms with van der Waals surface area (Å²) in [6.07, 6.45) is 6.73. The quantitative estimate of drug-likeness (QED) is 0.549. The molecule has 17 heavy (non-hydrogen) atoms. The molecule has 0 aliphatic carbocycles. The number of nitrogens with two attached hydrogens (primary N) is 1. The summed E-state index contributed by atoms with van der Waals surface area (Å²) in [7, 11) is 2.18. The Morgan fingerprint density at radius 1 is 1.12 bits per heavy atom. The predicted molar refractivity (Wildman–Crippen MR) is 75.9 cm³/mol. The lowest BCUT2D eigenvalue weighted by molar-refractivity contribution is 0.316. The molecular formula is C15H26N2. The summed E-state index contributed by atoms with van der Waals surface area (Å²) in [4.78, 5) is 2.38. The van der Waals surface area contributed by atoms with Crippen LogP contribution >= 0.6 is 0 Å². The average molecular weight is 234 g/mol. The fraction of sp³-hybridized carbons (Fsp3) is 0.600. The molecule has 0 heterocycles. The van der Waals surface area contributed by atoms with Crippen molar-refractivity contribution >= 4 is 5.69 Å². The Morgan fingerprint density at radius 2 is 1.88 bits per heavy atom. The smallest absolute Gasteiger partial charge is 0.0317 e. The van der Waals surface area contributed by atoms with E-state index in [9.17, 15) is 0 Å². The van der Waals surface area contributed by atoms with Crippen LogP contribution in [0.2, 0.25) is 0 Å². The number of nitrogen functional groups attached to an aromatic ring is 1. The molecule has 0 bridgehead atoms. The largest absolute Gasteiger partial charge is 0.399 e. The first kappa shape index (κ1) is 14.0. The summed E-state index contributed by atoms with van der Waals surface area (Å²) >= 11 is 0. The first-order valence-electron chi connectivity index (χ1n) is 6.75. The van der Waals surface area contributed by atoms with E-state index in [0.717, 1.165) is 12.2 Å². The van der Waals surface area contributed by atoms with E-state index in [1.54, 1.807) is 0 Å². The third-order valence-corrected chi connectivity index (χ3v) is 3.05. The molecule has 0 aliphatic heterocycles. The van der Waals surface area contributed by atoms with Crippen molar-refractivity contribution in [1.82, 2.24) is 4.90 Å². The molecular weight excluding hydrogens is 208 g/mol. The highest BCUT2D eigenvalue weighted by molar-refractivity contribution is 5.40. The minimum absolute atomic E-state index is 0.860. The molecule has 0 unspecified atom stereocenters. The van der Waals surface area contributed by atoms with Crippen molar-refractivity contribution in [3.8, 4) is 0 Å². The molecule has 0 amide bonds. The van der Waals surface area contributed by atoms with Crippen molar-refractivity contribution in [2.75, 3.05) is 19.3 Å². The second kappa shape index (κ2) is 8.13. The van der Waals surface area contributed by atoms with Crippen LogP contribution in [-0.2, 0) is 6.54 Å². The summed E-state index contributed by atoms with van der Waals surface area (Å²) in [5.74, 6) is 0. The Hall–Kier alpha value is -1.02. The normalized spacial score (nSPS) is 11.0. The predicted octanol–water partition coefficient (Wildman–Crippen LogP) is 3.67. The average Bonchev–Trinajstić information content (AvgIpc) is 2.29. The molecule has 0 spiro atoms. The Kier molecular flexibility index (Phi) is 6.71. The van der Waals surface area contributed by atoms with Gasteiger partial charge >= 0.3 is 0 Å². The molecule has 0 saturated heterocycles. The molecule has 1 rings (SSSR count). The summed E-state index contributed by atoms with van der Waals surface area (Å²) in [5.41, 5.74) is 7.94. The third-order valence-electron chi connectivity index (χ3n) is 3.05. The second-order valence-electron chi connectivity index (χ2n) is 4.90. The molecule has 1 aromatic rings. The molecule has 2 nitrogen and oxygen atoms in total. The van der Waals surface area contributed by atoms with Crippen LogP contribution in [0.4, 0.5) is 5.69 Å². The number of benzene rings is 1. The molecule has 0 aromatic heterocycles. The number of hydrogen-bond acceptors (Lipinski definition) is 2. The minimum atomic E-state index is 0.860. The number of nitrogens with zero attached hydrogens (tertiary/aromatic N) is 1. The van der Waals surface area contributed by atoms with Gasteiger partial charge in [-0.2, -0.15) is 0 Å². The highest BCUT2D eigenvalue weighted by atomic mass is 15.1. The summed E-state index contributed by atoms with van der Waals surface area (Å²) in [6, 6.07) is 8.17. The molecule has 0 saturated carbocycles. The van der Waals surface area contributed by atoms with Crippen LogP contribution in [0.5, 0.6) is 0 Å². The molecule has 0 aliphatic rings. The van der Waals surface area contributed by atoms with Crippen LogP contribution in [0.15, 0.2) is 24.3 Å². The fourth-order valence-electron chi connectivity index (χ4n) is 2.07. The van der Waals surface area contributed by atoms with Crippen molar-refractivity contribution in [3.63, 3.8) is 0 Å². The van der Waals surface area contributed by atoms with Crippen molar-refractivity contribution in [1.29, 1.82) is 0 Å². The van der Waals surface area contributed by atoms with Gasteiger partial charge in [-0.05, 0) is 37.7 Å². The topological polar surface area (TPSA) is 29.3 Å². The fourth-order valence-corrected chi connectivity index (χ4v) is 2.07. The van der Waals surface area contributed by atoms with Crippen LogP contribution in [0.1, 0.15) is 44.6 Å². The summed E-state index contributed by atoms with van der Waals surface area (Å²) < 4.78 is 0. The van der Waals surface area contributed by atoms with Gasteiger partial charge in [0.2, 0.25) is 0 Å². The second-order valence-corrected chi connectivity index (χ2v) is 4.90. The van der Waals surface area contributed by atoms with Gasteiger partial charge in [-0.3, -0.25) is 0 Å². The van der Waals surface area contributed by atoms with E-state index in [1.165, 1.54) is 44.2 Å². The number of rotatable bonds is 8. The minimum Gasteiger partial charge on any atom is -0.399 e. The van der Waals surface area contributed by atoms with E-state index in [1.807, 2.05) is 12.1 Å². The van der Waals surface area contributed by atoms with E-state index in [4.69, 9.17) is 5.73 Å². The summed E-state index contributed by atoms with van der Waals surface area (Å²) in [5, 5.41) is 0. The first-order valence-corrected chi connectivity index (χ1v) is 6.75. The van der Waals surface area contributed by atoms with Crippen molar-refractivity contribution in [2.45, 2.75) is 45.6 Å². The first-order chi connectivity index (χ1) is 8.22. The Bertz CT molecular complexity index is 310. The Labute approximate surface area is 106 Å². The van der Waals surface area contributed by atoms with Crippen LogP contribution < -0.4 is 5.73 Å². The van der Waals surface area contributed by atoms with E-state index in [0.29, 0.717) is 0 Å². The SMILES string of the molecule is CCCCCCCN(C)Cc1cccc(N)c1. The van der Waals surface area contributed by atoms with E-state index in [-0.39, 0.29) is 0 Å². The molecule has 0 radical (unpaired) electrons. The van der Waals surface area contributed by atoms with Crippen LogP contribution in [0, 0.1) is 0 Å². The maximum absolute atomic E-state index is 5.77. The van der Waals surface area contributed by atoms with Gasteiger partial charge in [0.15, 0.2) is 0 Å². The molecule has 2 heteroatoms. The van der Waals surface area contributed by atoms with Gasteiger partial charge in [0.05, 0.1) is 0 Å². The van der Waals surface area contributed by atoms with E-state index < -0.39 is 0 Å². The Morgan fingerprint density at radius 3 is 2.59 bits per heavy atom. The Balaban J connectivity index is 2.18. The van der Waals surface area contributed by atoms with Gasteiger partial charge in [-0.15, -0.1) is 0 Å². The number of anilines is 1. The van der Waals surface area contributed by atoms with E-state index in [2.05, 4.69) is 31.0 Å². The highest BCUT2D eigenvalue weighted by Gasteiger charge is 2.00. The van der Waals surface area contributed by atoms with Crippen LogP contribution in [0.25, 0.3) is 0 Å². The maximum Gasteiger partial charge on any atom is 0.0317 e. The van der Waals surface area contributed by atoms with Gasteiger partial charge in [-0.25, -0.2) is 0 Å². The molecule has 96 valence electrons. The zero-order valence-corrected chi connectivity index (χ0v) is 11.3. The van der Waals surface area contributed by atoms with Gasteiger partial charge in [0.25, 0.3) is 0 Å². The number of hydrogen-bond donors (Lipinski definition) is 1. The third kappa shape index (κ3) is 6.32. The maximum atomic E-state index is 5.77. The lowest BCUT2D eigenvalue weighted by atomic mass is 10.1. The zero-order valence-electron chi connectivity index (χ0n) is 11.3. The van der Waals surface area contributed by atoms with E-state index >= 15 is 0 Å². The highest BCUT2D eigenvalue weighted by Crippen LogP contribution is 2.10. The monoisotopic (exact) mass is 234 g/mol. The van der Waals surface area contributed by atoms with Crippen molar-refractivity contribution in [3.05, 3.63) is 29.8 Å². The lowest BCUT2D eigenvalue weighted by Gasteiger charge is -2.16. The van der Waals surface area contributed by atoms with Gasteiger partial charge in [0, 0.05) is 12.2 Å². The van der Waals surface area contributed by atoms with Gasteiger partial charge < -0.3 is 10.6 Å². The van der Waals surface area contributed by atoms with Crippen LogP contribution in [0.3, 0.4) is 0 Å². The summed E-state index contributed by atoms with van der Waals surface area (Å²) in [6.45, 7) is 4.43. The van der Waals surface area contributed by atoms with Crippen molar-refractivity contribution in [2.24, 2.45) is 0 Å². The molecule has 0 atom stereocenters. The molecule has 2 N–H and O–H groups in total. The number of unbranched alkanes of at least 4 members (excludes halogenated alkanes) is 4. The standard InChI is InChI=1S/C15H26N2/c1-3-4-5-6-7-11-17(2)13-14-9-8-10-15(16)12-14/h8-10,12H,3-7,11,13,16H2,1-2H3.